The maximum absolute atomic E-state index is 12.0. The summed E-state index contributed by atoms with van der Waals surface area (Å²) in [6.07, 6.45) is 8.09. The van der Waals surface area contributed by atoms with Gasteiger partial charge >= 0.3 is 0 Å². The fraction of sp³-hybridized carbons (Fsp3) is 0.500. The highest BCUT2D eigenvalue weighted by Gasteiger charge is 2.34. The van der Waals surface area contributed by atoms with Gasteiger partial charge in [-0.15, -0.1) is 0 Å². The summed E-state index contributed by atoms with van der Waals surface area (Å²) in [6, 6.07) is 7.63. The van der Waals surface area contributed by atoms with Gasteiger partial charge in [0.15, 0.2) is 0 Å². The van der Waals surface area contributed by atoms with Crippen LogP contribution in [0.1, 0.15) is 25.7 Å². The number of rotatable bonds is 7. The van der Waals surface area contributed by atoms with Crippen molar-refractivity contribution in [2.75, 3.05) is 24.5 Å². The molecule has 0 aliphatic carbocycles. The monoisotopic (exact) mass is 343 g/mol. The second kappa shape index (κ2) is 8.11. The van der Waals surface area contributed by atoms with Crippen LogP contribution in [0.2, 0.25) is 0 Å². The summed E-state index contributed by atoms with van der Waals surface area (Å²) in [4.78, 5) is 18.5. The summed E-state index contributed by atoms with van der Waals surface area (Å²) in [5, 5.41) is 17.8. The predicted molar refractivity (Wildman–Crippen MR) is 95.1 cm³/mol. The number of nitrogens with zero attached hydrogens (tertiary/aromatic N) is 4. The van der Waals surface area contributed by atoms with Gasteiger partial charge in [-0.25, -0.2) is 4.98 Å². The maximum Gasteiger partial charge on any atom is 0.220 e. The highest BCUT2D eigenvalue weighted by molar-refractivity contribution is 5.75. The van der Waals surface area contributed by atoms with Crippen LogP contribution < -0.4 is 10.2 Å². The van der Waals surface area contributed by atoms with E-state index in [2.05, 4.69) is 20.3 Å². The van der Waals surface area contributed by atoms with Crippen molar-refractivity contribution in [2.24, 2.45) is 0 Å². The lowest BCUT2D eigenvalue weighted by Crippen LogP contribution is -2.54. The van der Waals surface area contributed by atoms with Crippen LogP contribution in [0.3, 0.4) is 0 Å². The number of piperidine rings is 1. The van der Waals surface area contributed by atoms with Crippen molar-refractivity contribution in [1.82, 2.24) is 20.1 Å². The van der Waals surface area contributed by atoms with Crippen LogP contribution >= 0.6 is 0 Å². The van der Waals surface area contributed by atoms with E-state index in [1.807, 2.05) is 35.1 Å². The van der Waals surface area contributed by atoms with E-state index in [9.17, 15) is 9.90 Å². The van der Waals surface area contributed by atoms with Gasteiger partial charge in [-0.1, -0.05) is 6.07 Å². The number of aliphatic hydroxyl groups is 1. The number of amides is 1. The molecule has 2 N–H and O–H groups in total. The molecular weight excluding hydrogens is 318 g/mol. The van der Waals surface area contributed by atoms with Crippen LogP contribution in [0, 0.1) is 0 Å². The number of anilines is 1. The topological polar surface area (TPSA) is 83.3 Å². The second-order valence-electron chi connectivity index (χ2n) is 6.59. The SMILES string of the molecule is O=C(CCCn1cccn1)NCC1(O)CCCN(c2ccccn2)C1. The van der Waals surface area contributed by atoms with Gasteiger partial charge in [-0.05, 0) is 37.5 Å². The molecule has 0 saturated carbocycles. The highest BCUT2D eigenvalue weighted by atomic mass is 16.3. The first-order valence-electron chi connectivity index (χ1n) is 8.77. The molecule has 7 heteroatoms. The van der Waals surface area contributed by atoms with Crippen LogP contribution in [-0.4, -0.2) is 51.0 Å². The molecule has 1 saturated heterocycles. The minimum absolute atomic E-state index is 0.0319. The second-order valence-corrected chi connectivity index (χ2v) is 6.59. The van der Waals surface area contributed by atoms with E-state index in [0.29, 0.717) is 19.4 Å². The average Bonchev–Trinajstić information content (AvgIpc) is 3.14. The summed E-state index contributed by atoms with van der Waals surface area (Å²) in [6.45, 7) is 2.35. The standard InChI is InChI=1S/C18H25N5O2/c24-17(7-3-12-23-13-5-10-21-23)20-14-18(25)8-4-11-22(15-18)16-6-1-2-9-19-16/h1-2,5-6,9-10,13,25H,3-4,7-8,11-12,14-15H2,(H,20,24). The van der Waals surface area contributed by atoms with Gasteiger partial charge in [0.25, 0.3) is 0 Å². The summed E-state index contributed by atoms with van der Waals surface area (Å²) < 4.78 is 1.81. The third-order valence-electron chi connectivity index (χ3n) is 4.49. The number of nitrogens with one attached hydrogen (secondary N) is 1. The highest BCUT2D eigenvalue weighted by Crippen LogP contribution is 2.24. The van der Waals surface area contributed by atoms with Crippen LogP contribution in [0.25, 0.3) is 0 Å². The molecule has 3 heterocycles. The molecule has 25 heavy (non-hydrogen) atoms. The van der Waals surface area contributed by atoms with E-state index in [0.717, 1.165) is 31.7 Å². The van der Waals surface area contributed by atoms with Crippen molar-refractivity contribution in [1.29, 1.82) is 0 Å². The number of carbonyl (C=O) groups excluding carboxylic acids is 1. The molecule has 0 radical (unpaired) electrons. The third-order valence-corrected chi connectivity index (χ3v) is 4.49. The lowest BCUT2D eigenvalue weighted by atomic mass is 9.92. The van der Waals surface area contributed by atoms with Gasteiger partial charge < -0.3 is 15.3 Å². The first kappa shape index (κ1) is 17.4. The Bertz CT molecular complexity index is 661. The molecule has 2 aromatic rings. The smallest absolute Gasteiger partial charge is 0.220 e. The van der Waals surface area contributed by atoms with E-state index in [1.54, 1.807) is 12.4 Å². The molecule has 1 aliphatic rings. The molecule has 0 bridgehead atoms. The molecule has 1 aliphatic heterocycles. The minimum Gasteiger partial charge on any atom is -0.386 e. The number of β-amino-alcohol motifs (C(OH)–C–C–N with tert-alkyl or cyclic N) is 1. The average molecular weight is 343 g/mol. The number of aryl methyl sites for hydroxylation is 1. The van der Waals surface area contributed by atoms with Gasteiger partial charge in [0.2, 0.25) is 5.91 Å². The molecule has 1 atom stereocenters. The minimum atomic E-state index is -0.909. The maximum atomic E-state index is 12.0. The van der Waals surface area contributed by atoms with Gasteiger partial charge in [0, 0.05) is 51.2 Å². The van der Waals surface area contributed by atoms with Gasteiger partial charge in [-0.2, -0.15) is 5.10 Å². The zero-order valence-electron chi connectivity index (χ0n) is 14.3. The molecular formula is C18H25N5O2. The number of aromatic nitrogens is 3. The summed E-state index contributed by atoms with van der Waals surface area (Å²) in [5.41, 5.74) is -0.909. The Labute approximate surface area is 147 Å². The fourth-order valence-electron chi connectivity index (χ4n) is 3.18. The van der Waals surface area contributed by atoms with Gasteiger partial charge in [-0.3, -0.25) is 9.48 Å². The molecule has 0 aromatic carbocycles. The quantitative estimate of drug-likeness (QED) is 0.789. The van der Waals surface area contributed by atoms with E-state index in [1.165, 1.54) is 0 Å². The van der Waals surface area contributed by atoms with Crippen molar-refractivity contribution in [3.8, 4) is 0 Å². The zero-order chi connectivity index (χ0) is 17.5. The molecule has 1 unspecified atom stereocenters. The number of hydrogen-bond acceptors (Lipinski definition) is 5. The summed E-state index contributed by atoms with van der Waals surface area (Å²) >= 11 is 0. The third kappa shape index (κ3) is 5.03. The van der Waals surface area contributed by atoms with E-state index >= 15 is 0 Å². The van der Waals surface area contributed by atoms with E-state index < -0.39 is 5.60 Å². The van der Waals surface area contributed by atoms with Crippen LogP contribution in [0.15, 0.2) is 42.9 Å². The first-order valence-corrected chi connectivity index (χ1v) is 8.77. The molecule has 1 amide bonds. The summed E-state index contributed by atoms with van der Waals surface area (Å²) in [5.74, 6) is 0.835. The fourth-order valence-corrected chi connectivity index (χ4v) is 3.18. The number of hydrogen-bond donors (Lipinski definition) is 2. The van der Waals surface area contributed by atoms with E-state index in [-0.39, 0.29) is 12.5 Å². The molecule has 3 rings (SSSR count). The molecule has 2 aromatic heterocycles. The molecule has 7 nitrogen and oxygen atoms in total. The lowest BCUT2D eigenvalue weighted by molar-refractivity contribution is -0.122. The number of carbonyl (C=O) groups is 1. The molecule has 0 spiro atoms. The van der Waals surface area contributed by atoms with Crippen LogP contribution in [0.4, 0.5) is 5.82 Å². The Balaban J connectivity index is 1.44. The van der Waals surface area contributed by atoms with Gasteiger partial charge in [0.1, 0.15) is 5.82 Å². The molecule has 134 valence electrons. The van der Waals surface area contributed by atoms with Crippen molar-refractivity contribution in [2.45, 2.75) is 37.8 Å². The Hall–Kier alpha value is -2.41. The first-order chi connectivity index (χ1) is 12.1. The van der Waals surface area contributed by atoms with Crippen molar-refractivity contribution in [3.05, 3.63) is 42.9 Å². The van der Waals surface area contributed by atoms with Crippen molar-refractivity contribution >= 4 is 11.7 Å². The molecule has 1 fully saturated rings. The van der Waals surface area contributed by atoms with Gasteiger partial charge in [0.05, 0.1) is 5.60 Å². The Morgan fingerprint density at radius 1 is 1.32 bits per heavy atom. The largest absolute Gasteiger partial charge is 0.386 e. The Morgan fingerprint density at radius 3 is 3.00 bits per heavy atom. The van der Waals surface area contributed by atoms with E-state index in [4.69, 9.17) is 0 Å². The predicted octanol–water partition coefficient (Wildman–Crippen LogP) is 1.21. The van der Waals surface area contributed by atoms with Crippen molar-refractivity contribution < 1.29 is 9.90 Å². The zero-order valence-corrected chi connectivity index (χ0v) is 14.3. The Morgan fingerprint density at radius 2 is 2.24 bits per heavy atom. The lowest BCUT2D eigenvalue weighted by Gasteiger charge is -2.39. The van der Waals surface area contributed by atoms with Crippen LogP contribution in [-0.2, 0) is 11.3 Å². The normalized spacial score (nSPS) is 20.4. The van der Waals surface area contributed by atoms with Crippen molar-refractivity contribution in [3.63, 3.8) is 0 Å². The number of pyridine rings is 1. The summed E-state index contributed by atoms with van der Waals surface area (Å²) in [7, 11) is 0. The Kier molecular flexibility index (Phi) is 5.65. The van der Waals surface area contributed by atoms with Crippen LogP contribution in [0.5, 0.6) is 0 Å².